The first kappa shape index (κ1) is 3.51. The van der Waals surface area contributed by atoms with Crippen molar-refractivity contribution in [1.29, 1.82) is 0 Å². The van der Waals surface area contributed by atoms with Crippen LogP contribution in [0.1, 0.15) is 6.42 Å². The van der Waals surface area contributed by atoms with E-state index in [4.69, 9.17) is 0 Å². The van der Waals surface area contributed by atoms with Crippen LogP contribution < -0.4 is 0 Å². The summed E-state index contributed by atoms with van der Waals surface area (Å²) in [6.45, 7) is 0.833. The molecule has 0 aromatic rings. The minimum atomic E-state index is 0.833. The molecule has 1 heterocycles. The molecule has 0 fully saturated rings. The summed E-state index contributed by atoms with van der Waals surface area (Å²) in [5.41, 5.74) is 0. The maximum absolute atomic E-state index is 3.93. The average molecular weight is 80.1 g/mol. The van der Waals surface area contributed by atoms with Crippen LogP contribution in [0.15, 0.2) is 11.1 Å². The molecule has 1 aliphatic heterocycles. The lowest BCUT2D eigenvalue weighted by atomic mass is 10.3. The summed E-state index contributed by atoms with van der Waals surface area (Å²) in [6, 6.07) is 0. The maximum Gasteiger partial charge on any atom is 0.226 e. The number of hydrogen-bond acceptors (Lipinski definition) is 1. The van der Waals surface area contributed by atoms with Gasteiger partial charge in [0.05, 0.1) is 6.21 Å². The van der Waals surface area contributed by atoms with Crippen LogP contribution in [0.5, 0.6) is 0 Å². The predicted molar refractivity (Wildman–Crippen MR) is 25.8 cm³/mol. The first-order chi connectivity index (χ1) is 3.00. The molecule has 0 aromatic heterocycles. The molecule has 1 rings (SSSR count). The zero-order valence-corrected chi connectivity index (χ0v) is 3.52. The molecule has 0 bridgehead atoms. The molecular formula is C5H6N+. The Labute approximate surface area is 37.4 Å². The number of nitrogens with zero attached hydrogens (tertiary/aromatic N) is 1. The number of rotatable bonds is 0. The fraction of sp³-hybridized carbons (Fsp3) is 0.400. The summed E-state index contributed by atoms with van der Waals surface area (Å²) < 4.78 is 0. The molecule has 0 saturated carbocycles. The maximum atomic E-state index is 3.93. The van der Waals surface area contributed by atoms with Crippen molar-refractivity contribution >= 4 is 6.21 Å². The molecule has 0 atom stereocenters. The Bertz CT molecular complexity index is 61.9. The normalized spacial score (nSPS) is 17.3. The van der Waals surface area contributed by atoms with E-state index >= 15 is 0 Å². The van der Waals surface area contributed by atoms with Crippen LogP contribution in [0, 0.1) is 6.08 Å². The van der Waals surface area contributed by atoms with E-state index in [0.29, 0.717) is 0 Å². The number of allylic oxidation sites excluding steroid dienone is 1. The highest BCUT2D eigenvalue weighted by molar-refractivity contribution is 5.59. The molecule has 0 spiro atoms. The van der Waals surface area contributed by atoms with Crippen LogP contribution >= 0.6 is 0 Å². The molecule has 0 radical (unpaired) electrons. The first-order valence-electron chi connectivity index (χ1n) is 2.03. The van der Waals surface area contributed by atoms with Gasteiger partial charge in [0.25, 0.3) is 0 Å². The van der Waals surface area contributed by atoms with Gasteiger partial charge in [-0.1, -0.05) is 0 Å². The van der Waals surface area contributed by atoms with E-state index in [2.05, 4.69) is 11.1 Å². The van der Waals surface area contributed by atoms with Crippen molar-refractivity contribution in [3.8, 4) is 0 Å². The summed E-state index contributed by atoms with van der Waals surface area (Å²) >= 11 is 0. The van der Waals surface area contributed by atoms with Crippen LogP contribution in [0.25, 0.3) is 0 Å². The smallest absolute Gasteiger partial charge is 0.226 e. The van der Waals surface area contributed by atoms with Gasteiger partial charge in [0.1, 0.15) is 6.54 Å². The molecular weight excluding hydrogens is 74.1 g/mol. The van der Waals surface area contributed by atoms with Crippen LogP contribution in [-0.2, 0) is 0 Å². The fourth-order valence-electron chi connectivity index (χ4n) is 0.392. The summed E-state index contributed by atoms with van der Waals surface area (Å²) in [5.74, 6) is 0. The highest BCUT2D eigenvalue weighted by atomic mass is 14.7. The quantitative estimate of drug-likeness (QED) is 0.382. The molecule has 1 nitrogen and oxygen atoms in total. The van der Waals surface area contributed by atoms with Crippen molar-refractivity contribution in [3.05, 3.63) is 12.2 Å². The summed E-state index contributed by atoms with van der Waals surface area (Å²) in [7, 11) is 0. The zero-order valence-electron chi connectivity index (χ0n) is 3.52. The van der Waals surface area contributed by atoms with E-state index in [1.807, 2.05) is 12.3 Å². The molecule has 0 saturated heterocycles. The summed E-state index contributed by atoms with van der Waals surface area (Å²) in [4.78, 5) is 3.93. The topological polar surface area (TPSA) is 12.4 Å². The Kier molecular flexibility index (Phi) is 0.984. The van der Waals surface area contributed by atoms with Crippen molar-refractivity contribution in [1.82, 2.24) is 0 Å². The average Bonchev–Trinajstić information content (AvgIpc) is 1.72. The van der Waals surface area contributed by atoms with Crippen molar-refractivity contribution in [2.24, 2.45) is 4.99 Å². The SMILES string of the molecule is [C+]1=CCN=CC1. The van der Waals surface area contributed by atoms with Crippen LogP contribution in [-0.4, -0.2) is 12.8 Å². The van der Waals surface area contributed by atoms with E-state index < -0.39 is 0 Å². The van der Waals surface area contributed by atoms with E-state index in [0.717, 1.165) is 13.0 Å². The largest absolute Gasteiger partial charge is 0.284 e. The summed E-state index contributed by atoms with van der Waals surface area (Å²) in [6.07, 6.45) is 7.73. The van der Waals surface area contributed by atoms with Gasteiger partial charge >= 0.3 is 0 Å². The Balaban J connectivity index is 2.40. The Hall–Kier alpha value is -0.680. The van der Waals surface area contributed by atoms with E-state index in [9.17, 15) is 0 Å². The van der Waals surface area contributed by atoms with Crippen molar-refractivity contribution in [2.45, 2.75) is 6.42 Å². The molecule has 6 heavy (non-hydrogen) atoms. The lowest BCUT2D eigenvalue weighted by Gasteiger charge is -1.75. The Morgan fingerprint density at radius 1 is 1.67 bits per heavy atom. The number of dihydropyridines is 1. The molecule has 1 aliphatic rings. The first-order valence-corrected chi connectivity index (χ1v) is 2.03. The molecule has 0 N–H and O–H groups in total. The van der Waals surface area contributed by atoms with Gasteiger partial charge in [-0.15, -0.1) is 0 Å². The minimum absolute atomic E-state index is 0.833. The third kappa shape index (κ3) is 0.631. The van der Waals surface area contributed by atoms with E-state index in [1.165, 1.54) is 0 Å². The standard InChI is InChI=1S/C5H6N/c1-2-4-6-5-3-1/h2,5H,3-4H2/q+1. The Morgan fingerprint density at radius 2 is 2.67 bits per heavy atom. The highest BCUT2D eigenvalue weighted by Crippen LogP contribution is 1.84. The lowest BCUT2D eigenvalue weighted by Crippen LogP contribution is -1.81. The van der Waals surface area contributed by atoms with Crippen molar-refractivity contribution in [3.63, 3.8) is 0 Å². The van der Waals surface area contributed by atoms with Crippen molar-refractivity contribution in [2.75, 3.05) is 6.54 Å². The van der Waals surface area contributed by atoms with Gasteiger partial charge in [0, 0.05) is 0 Å². The van der Waals surface area contributed by atoms with Crippen molar-refractivity contribution < 1.29 is 0 Å². The third-order valence-corrected chi connectivity index (χ3v) is 0.679. The monoisotopic (exact) mass is 80.0 g/mol. The van der Waals surface area contributed by atoms with E-state index in [-0.39, 0.29) is 0 Å². The van der Waals surface area contributed by atoms with Crippen LogP contribution in [0.3, 0.4) is 0 Å². The van der Waals surface area contributed by atoms with Crippen LogP contribution in [0.2, 0.25) is 0 Å². The van der Waals surface area contributed by atoms with Gasteiger partial charge in [-0.05, 0) is 0 Å². The molecule has 0 aliphatic carbocycles. The number of aliphatic imine (C=N–C) groups is 1. The highest BCUT2D eigenvalue weighted by Gasteiger charge is 1.92. The lowest BCUT2D eigenvalue weighted by molar-refractivity contribution is 1.17. The summed E-state index contributed by atoms with van der Waals surface area (Å²) in [5, 5.41) is 0. The van der Waals surface area contributed by atoms with Gasteiger partial charge in [0.15, 0.2) is 6.08 Å². The Morgan fingerprint density at radius 3 is 2.83 bits per heavy atom. The van der Waals surface area contributed by atoms with Gasteiger partial charge < -0.3 is 0 Å². The van der Waals surface area contributed by atoms with Gasteiger partial charge in [0.2, 0.25) is 12.5 Å². The van der Waals surface area contributed by atoms with Crippen LogP contribution in [0.4, 0.5) is 0 Å². The van der Waals surface area contributed by atoms with Gasteiger partial charge in [-0.25, -0.2) is 0 Å². The predicted octanol–water partition coefficient (Wildman–Crippen LogP) is 0.820. The fourth-order valence-corrected chi connectivity index (χ4v) is 0.392. The third-order valence-electron chi connectivity index (χ3n) is 0.679. The molecule has 1 heteroatoms. The molecule has 0 aromatic carbocycles. The second kappa shape index (κ2) is 1.68. The number of hydrogen-bond donors (Lipinski definition) is 0. The van der Waals surface area contributed by atoms with Gasteiger partial charge in [-0.2, -0.15) is 0 Å². The second-order valence-corrected chi connectivity index (χ2v) is 1.16. The second-order valence-electron chi connectivity index (χ2n) is 1.16. The minimum Gasteiger partial charge on any atom is -0.284 e. The molecule has 30 valence electrons. The molecule has 0 amide bonds. The van der Waals surface area contributed by atoms with E-state index in [1.54, 1.807) is 0 Å². The zero-order chi connectivity index (χ0) is 4.24. The molecule has 0 unspecified atom stereocenters. The van der Waals surface area contributed by atoms with Gasteiger partial charge in [-0.3, -0.25) is 4.99 Å².